The van der Waals surface area contributed by atoms with Crippen LogP contribution in [0.5, 0.6) is 5.75 Å². The summed E-state index contributed by atoms with van der Waals surface area (Å²) in [6.07, 6.45) is 2.99. The van der Waals surface area contributed by atoms with E-state index in [1.165, 1.54) is 7.11 Å². The molecule has 0 spiro atoms. The van der Waals surface area contributed by atoms with Crippen LogP contribution in [0.3, 0.4) is 0 Å². The molecule has 1 fully saturated rings. The van der Waals surface area contributed by atoms with Gasteiger partial charge >= 0.3 is 5.97 Å². The highest BCUT2D eigenvalue weighted by atomic mass is 16.5. The summed E-state index contributed by atoms with van der Waals surface area (Å²) in [6, 6.07) is 6.61. The van der Waals surface area contributed by atoms with Gasteiger partial charge in [-0.25, -0.2) is 0 Å². The van der Waals surface area contributed by atoms with Gasteiger partial charge in [-0.2, -0.15) is 0 Å². The molecular weight excluding hydrogens is 312 g/mol. The van der Waals surface area contributed by atoms with Gasteiger partial charge in [-0.3, -0.25) is 14.4 Å². The fourth-order valence-corrected chi connectivity index (χ4v) is 3.05. The number of ether oxygens (including phenoxy) is 1. The molecule has 2 amide bonds. The minimum atomic E-state index is -0.933. The molecule has 130 valence electrons. The summed E-state index contributed by atoms with van der Waals surface area (Å²) in [5.41, 5.74) is -0.299. The van der Waals surface area contributed by atoms with Crippen LogP contribution in [0.4, 0.5) is 0 Å². The number of nitrogens with one attached hydrogen (secondary N) is 2. The Morgan fingerprint density at radius 2 is 1.96 bits per heavy atom. The highest BCUT2D eigenvalue weighted by molar-refractivity contribution is 5.96. The number of amides is 2. The Kier molecular flexibility index (Phi) is 5.78. The zero-order valence-electron chi connectivity index (χ0n) is 13.6. The van der Waals surface area contributed by atoms with Gasteiger partial charge in [0.05, 0.1) is 25.6 Å². The van der Waals surface area contributed by atoms with Gasteiger partial charge in [0.25, 0.3) is 5.91 Å². The summed E-state index contributed by atoms with van der Waals surface area (Å²) in [4.78, 5) is 35.2. The number of methoxy groups -OCH3 is 1. The molecular formula is C17H22N2O5. The molecule has 1 saturated carbocycles. The van der Waals surface area contributed by atoms with E-state index in [9.17, 15) is 14.4 Å². The van der Waals surface area contributed by atoms with Gasteiger partial charge in [0.15, 0.2) is 0 Å². The minimum absolute atomic E-state index is 0.0947. The first-order chi connectivity index (χ1) is 11.4. The number of hydrogen-bond acceptors (Lipinski definition) is 4. The molecule has 1 aromatic rings. The number of carbonyl (C=O) groups excluding carboxylic acids is 2. The van der Waals surface area contributed by atoms with Crippen molar-refractivity contribution in [3.63, 3.8) is 0 Å². The van der Waals surface area contributed by atoms with Gasteiger partial charge in [-0.05, 0) is 31.0 Å². The van der Waals surface area contributed by atoms with Crippen molar-refractivity contribution < 1.29 is 24.2 Å². The van der Waals surface area contributed by atoms with Crippen molar-refractivity contribution in [3.8, 4) is 5.75 Å². The molecule has 3 N–H and O–H groups in total. The Bertz CT molecular complexity index is 623. The van der Waals surface area contributed by atoms with Gasteiger partial charge in [0, 0.05) is 5.56 Å². The zero-order chi connectivity index (χ0) is 17.6. The number of aliphatic carboxylic acids is 1. The summed E-state index contributed by atoms with van der Waals surface area (Å²) < 4.78 is 5.05. The number of carboxylic acid groups (broad SMARTS) is 1. The van der Waals surface area contributed by atoms with Crippen LogP contribution in [0, 0.1) is 0 Å². The Morgan fingerprint density at radius 1 is 1.25 bits per heavy atom. The molecule has 0 bridgehead atoms. The number of benzene rings is 1. The van der Waals surface area contributed by atoms with Crippen LogP contribution in [0.25, 0.3) is 0 Å². The maximum atomic E-state index is 12.1. The highest BCUT2D eigenvalue weighted by Gasteiger charge is 2.37. The van der Waals surface area contributed by atoms with Crippen LogP contribution >= 0.6 is 0 Å². The van der Waals surface area contributed by atoms with Crippen molar-refractivity contribution >= 4 is 17.8 Å². The first-order valence-electron chi connectivity index (χ1n) is 7.89. The van der Waals surface area contributed by atoms with E-state index in [0.717, 1.165) is 12.8 Å². The Hall–Kier alpha value is -2.57. The number of carbonyl (C=O) groups is 3. The minimum Gasteiger partial charge on any atom is -0.497 e. The number of hydrogen-bond donors (Lipinski definition) is 3. The predicted octanol–water partition coefficient (Wildman–Crippen LogP) is 1.33. The third-order valence-corrected chi connectivity index (χ3v) is 4.20. The van der Waals surface area contributed by atoms with Gasteiger partial charge in [-0.1, -0.05) is 18.9 Å². The second-order valence-corrected chi connectivity index (χ2v) is 6.02. The van der Waals surface area contributed by atoms with Crippen molar-refractivity contribution in [3.05, 3.63) is 29.8 Å². The summed E-state index contributed by atoms with van der Waals surface area (Å²) >= 11 is 0. The lowest BCUT2D eigenvalue weighted by Gasteiger charge is -2.28. The monoisotopic (exact) mass is 334 g/mol. The molecule has 1 aliphatic carbocycles. The largest absolute Gasteiger partial charge is 0.497 e. The second kappa shape index (κ2) is 7.81. The van der Waals surface area contributed by atoms with Crippen molar-refractivity contribution in [1.29, 1.82) is 0 Å². The fraction of sp³-hybridized carbons (Fsp3) is 0.471. The van der Waals surface area contributed by atoms with Crippen LogP contribution < -0.4 is 15.4 Å². The van der Waals surface area contributed by atoms with Crippen molar-refractivity contribution in [2.45, 2.75) is 37.6 Å². The molecule has 0 saturated heterocycles. The molecule has 1 aromatic carbocycles. The molecule has 1 aliphatic rings. The van der Waals surface area contributed by atoms with E-state index in [1.54, 1.807) is 24.3 Å². The topological polar surface area (TPSA) is 105 Å². The van der Waals surface area contributed by atoms with E-state index in [0.29, 0.717) is 24.2 Å². The van der Waals surface area contributed by atoms with Crippen molar-refractivity contribution in [2.75, 3.05) is 13.7 Å². The molecule has 7 nitrogen and oxygen atoms in total. The zero-order valence-corrected chi connectivity index (χ0v) is 13.6. The fourth-order valence-electron chi connectivity index (χ4n) is 3.05. The van der Waals surface area contributed by atoms with Crippen LogP contribution in [0.2, 0.25) is 0 Å². The highest BCUT2D eigenvalue weighted by Crippen LogP contribution is 2.32. The summed E-state index contributed by atoms with van der Waals surface area (Å²) in [5, 5.41) is 14.4. The molecule has 0 aromatic heterocycles. The Labute approximate surface area is 140 Å². The molecule has 2 rings (SSSR count). The molecule has 24 heavy (non-hydrogen) atoms. The van der Waals surface area contributed by atoms with E-state index >= 15 is 0 Å². The summed E-state index contributed by atoms with van der Waals surface area (Å²) in [7, 11) is 1.51. The van der Waals surface area contributed by atoms with E-state index in [-0.39, 0.29) is 24.8 Å². The average molecular weight is 334 g/mol. The van der Waals surface area contributed by atoms with Crippen LogP contribution in [-0.4, -0.2) is 42.1 Å². The lowest BCUT2D eigenvalue weighted by Crippen LogP contribution is -2.51. The van der Waals surface area contributed by atoms with Gasteiger partial charge < -0.3 is 20.5 Å². The normalized spacial score (nSPS) is 15.5. The summed E-state index contributed by atoms with van der Waals surface area (Å²) in [5.74, 6) is -1.15. The predicted molar refractivity (Wildman–Crippen MR) is 86.9 cm³/mol. The molecule has 0 unspecified atom stereocenters. The summed E-state index contributed by atoms with van der Waals surface area (Å²) in [6.45, 7) is -0.197. The Morgan fingerprint density at radius 3 is 2.58 bits per heavy atom. The third-order valence-electron chi connectivity index (χ3n) is 4.20. The van der Waals surface area contributed by atoms with Gasteiger partial charge in [0.1, 0.15) is 5.75 Å². The molecule has 7 heteroatoms. The van der Waals surface area contributed by atoms with Crippen LogP contribution in [-0.2, 0) is 9.59 Å². The lowest BCUT2D eigenvalue weighted by atomic mass is 9.93. The van der Waals surface area contributed by atoms with E-state index < -0.39 is 11.5 Å². The molecule has 0 heterocycles. The van der Waals surface area contributed by atoms with Crippen LogP contribution in [0.1, 0.15) is 42.5 Å². The third kappa shape index (κ3) is 4.71. The van der Waals surface area contributed by atoms with Crippen molar-refractivity contribution in [2.24, 2.45) is 0 Å². The van der Waals surface area contributed by atoms with Crippen molar-refractivity contribution in [1.82, 2.24) is 10.6 Å². The first-order valence-corrected chi connectivity index (χ1v) is 7.89. The first kappa shape index (κ1) is 17.8. The Balaban J connectivity index is 1.89. The second-order valence-electron chi connectivity index (χ2n) is 6.02. The van der Waals surface area contributed by atoms with Gasteiger partial charge in [-0.15, -0.1) is 0 Å². The number of carboxylic acids is 1. The van der Waals surface area contributed by atoms with Gasteiger partial charge in [0.2, 0.25) is 5.91 Å². The average Bonchev–Trinajstić information content (AvgIpc) is 2.99. The maximum absolute atomic E-state index is 12.1. The quantitative estimate of drug-likeness (QED) is 0.698. The van der Waals surface area contributed by atoms with E-state index in [1.807, 2.05) is 0 Å². The number of rotatable bonds is 7. The standard InChI is InChI=1S/C17H22N2O5/c1-24-13-6-4-5-12(9-13)16(23)18-11-14(20)19-17(10-15(21)22)7-2-3-8-17/h4-6,9H,2-3,7-8,10-11H2,1H3,(H,18,23)(H,19,20)(H,21,22). The molecule has 0 atom stereocenters. The molecule has 0 aliphatic heterocycles. The maximum Gasteiger partial charge on any atom is 0.305 e. The smallest absolute Gasteiger partial charge is 0.305 e. The van der Waals surface area contributed by atoms with E-state index in [2.05, 4.69) is 10.6 Å². The molecule has 0 radical (unpaired) electrons. The lowest BCUT2D eigenvalue weighted by molar-refractivity contribution is -0.139. The SMILES string of the molecule is COc1cccc(C(=O)NCC(=O)NC2(CC(=O)O)CCCC2)c1. The van der Waals surface area contributed by atoms with E-state index in [4.69, 9.17) is 9.84 Å². The van der Waals surface area contributed by atoms with Crippen LogP contribution in [0.15, 0.2) is 24.3 Å².